The van der Waals surface area contributed by atoms with Crippen LogP contribution in [0.4, 0.5) is 0 Å². The van der Waals surface area contributed by atoms with Crippen molar-refractivity contribution in [1.29, 1.82) is 0 Å². The summed E-state index contributed by atoms with van der Waals surface area (Å²) in [5.74, 6) is -0.302. The van der Waals surface area contributed by atoms with Gasteiger partial charge in [0.05, 0.1) is 15.4 Å². The Balaban J connectivity index is 2.00. The van der Waals surface area contributed by atoms with Crippen LogP contribution in [0.2, 0.25) is 5.02 Å². The molecule has 0 saturated heterocycles. The van der Waals surface area contributed by atoms with Crippen molar-refractivity contribution in [3.63, 3.8) is 0 Å². The number of aromatic hydroxyl groups is 1. The number of nitrogens with one attached hydrogen (secondary N) is 1. The number of rotatable bonds is 4. The first-order valence-corrected chi connectivity index (χ1v) is 7.33. The van der Waals surface area contributed by atoms with E-state index in [9.17, 15) is 9.90 Å². The lowest BCUT2D eigenvalue weighted by atomic mass is 10.1. The van der Waals surface area contributed by atoms with Gasteiger partial charge in [-0.3, -0.25) is 4.79 Å². The Morgan fingerprint density at radius 3 is 2.65 bits per heavy atom. The molecule has 0 fully saturated rings. The van der Waals surface area contributed by atoms with Gasteiger partial charge in [-0.25, -0.2) is 0 Å². The molecule has 20 heavy (non-hydrogen) atoms. The summed E-state index contributed by atoms with van der Waals surface area (Å²) in [4.78, 5) is 12.0. The Hall–Kier alpha value is -1.52. The number of benzene rings is 2. The number of hydrogen-bond donors (Lipinski definition) is 2. The number of halogens is 2. The van der Waals surface area contributed by atoms with Crippen molar-refractivity contribution < 1.29 is 9.90 Å². The molecule has 0 aliphatic carbocycles. The third-order valence-electron chi connectivity index (χ3n) is 2.80. The van der Waals surface area contributed by atoms with Crippen molar-refractivity contribution in [2.75, 3.05) is 6.54 Å². The largest absolute Gasteiger partial charge is 0.508 e. The van der Waals surface area contributed by atoms with Crippen molar-refractivity contribution in [2.24, 2.45) is 0 Å². The highest BCUT2D eigenvalue weighted by molar-refractivity contribution is 9.09. The van der Waals surface area contributed by atoms with Crippen LogP contribution in [0, 0.1) is 0 Å². The molecule has 5 heteroatoms. The lowest BCUT2D eigenvalue weighted by molar-refractivity contribution is 0.0953. The zero-order valence-electron chi connectivity index (χ0n) is 10.5. The average molecular weight is 355 g/mol. The molecule has 0 heterocycles. The Bertz CT molecular complexity index is 604. The smallest absolute Gasteiger partial charge is 0.252 e. The van der Waals surface area contributed by atoms with Crippen molar-refractivity contribution >= 4 is 33.4 Å². The van der Waals surface area contributed by atoms with Crippen LogP contribution >= 0.6 is 27.5 Å². The lowest BCUT2D eigenvalue weighted by Gasteiger charge is -2.12. The van der Waals surface area contributed by atoms with Crippen LogP contribution in [0.3, 0.4) is 0 Å². The molecule has 0 radical (unpaired) electrons. The zero-order chi connectivity index (χ0) is 14.5. The molecule has 0 saturated carbocycles. The molecule has 2 aromatic rings. The molecule has 1 amide bonds. The Labute approximate surface area is 130 Å². The van der Waals surface area contributed by atoms with Gasteiger partial charge in [-0.05, 0) is 23.8 Å². The first-order chi connectivity index (χ1) is 9.58. The molecule has 0 bridgehead atoms. The number of carbonyl (C=O) groups excluding carboxylic acids is 1. The molecular weight excluding hydrogens is 342 g/mol. The van der Waals surface area contributed by atoms with E-state index in [4.69, 9.17) is 11.6 Å². The molecular formula is C15H13BrClNO2. The van der Waals surface area contributed by atoms with Gasteiger partial charge in [0.15, 0.2) is 0 Å². The average Bonchev–Trinajstić information content (AvgIpc) is 2.47. The second-order valence-corrected chi connectivity index (χ2v) is 5.76. The molecule has 2 N–H and O–H groups in total. The monoisotopic (exact) mass is 353 g/mol. The minimum absolute atomic E-state index is 0.0120. The predicted octanol–water partition coefficient (Wildman–Crippen LogP) is 3.91. The molecule has 0 aliphatic rings. The maximum atomic E-state index is 12.0. The fraction of sp³-hybridized carbons (Fsp3) is 0.133. The van der Waals surface area contributed by atoms with Crippen LogP contribution in [0.5, 0.6) is 5.75 Å². The summed E-state index contributed by atoms with van der Waals surface area (Å²) in [5.41, 5.74) is 1.34. The fourth-order valence-corrected chi connectivity index (χ4v) is 2.41. The SMILES string of the molecule is O=C(NCC(Br)c1ccccc1)c1cc(O)ccc1Cl. The molecule has 0 spiro atoms. The first-order valence-electron chi connectivity index (χ1n) is 6.03. The summed E-state index contributed by atoms with van der Waals surface area (Å²) in [6.07, 6.45) is 0. The Kier molecular flexibility index (Phi) is 5.04. The van der Waals surface area contributed by atoms with Gasteiger partial charge >= 0.3 is 0 Å². The highest BCUT2D eigenvalue weighted by Crippen LogP contribution is 2.23. The first kappa shape index (κ1) is 14.9. The van der Waals surface area contributed by atoms with E-state index in [1.54, 1.807) is 0 Å². The minimum atomic E-state index is -0.314. The van der Waals surface area contributed by atoms with Crippen LogP contribution in [-0.4, -0.2) is 17.6 Å². The Morgan fingerprint density at radius 1 is 1.25 bits per heavy atom. The van der Waals surface area contributed by atoms with Gasteiger partial charge < -0.3 is 10.4 Å². The summed E-state index contributed by atoms with van der Waals surface area (Å²) in [6, 6.07) is 14.1. The van der Waals surface area contributed by atoms with Crippen LogP contribution < -0.4 is 5.32 Å². The van der Waals surface area contributed by atoms with E-state index >= 15 is 0 Å². The van der Waals surface area contributed by atoms with Gasteiger partial charge in [0.1, 0.15) is 5.75 Å². The molecule has 0 aliphatic heterocycles. The second-order valence-electron chi connectivity index (χ2n) is 4.25. The van der Waals surface area contributed by atoms with Gasteiger partial charge in [0, 0.05) is 6.54 Å². The molecule has 1 atom stereocenters. The number of carbonyl (C=O) groups is 1. The summed E-state index contributed by atoms with van der Waals surface area (Å²) in [6.45, 7) is 0.425. The molecule has 0 aromatic heterocycles. The van der Waals surface area contributed by atoms with Gasteiger partial charge in [0.25, 0.3) is 5.91 Å². The van der Waals surface area contributed by atoms with Crippen molar-refractivity contribution in [3.05, 3.63) is 64.7 Å². The van der Waals surface area contributed by atoms with E-state index in [0.717, 1.165) is 5.56 Å². The van der Waals surface area contributed by atoms with Gasteiger partial charge in [-0.2, -0.15) is 0 Å². The third-order valence-corrected chi connectivity index (χ3v) is 3.98. The molecule has 1 unspecified atom stereocenters. The van der Waals surface area contributed by atoms with Crippen LogP contribution in [0.25, 0.3) is 0 Å². The topological polar surface area (TPSA) is 49.3 Å². The van der Waals surface area contributed by atoms with Gasteiger partial charge in [0.2, 0.25) is 0 Å². The summed E-state index contributed by atoms with van der Waals surface area (Å²) in [7, 11) is 0. The second kappa shape index (κ2) is 6.77. The summed E-state index contributed by atoms with van der Waals surface area (Å²) >= 11 is 9.46. The van der Waals surface area contributed by atoms with E-state index in [2.05, 4.69) is 21.2 Å². The van der Waals surface area contributed by atoms with Crippen LogP contribution in [0.15, 0.2) is 48.5 Å². The van der Waals surface area contributed by atoms with Crippen LogP contribution in [-0.2, 0) is 0 Å². The highest BCUT2D eigenvalue weighted by atomic mass is 79.9. The van der Waals surface area contributed by atoms with Gasteiger partial charge in [-0.1, -0.05) is 57.9 Å². The number of phenolic OH excluding ortho intramolecular Hbond substituents is 1. The zero-order valence-corrected chi connectivity index (χ0v) is 12.9. The molecule has 104 valence electrons. The van der Waals surface area contributed by atoms with E-state index in [1.807, 2.05) is 30.3 Å². The van der Waals surface area contributed by atoms with E-state index in [1.165, 1.54) is 18.2 Å². The quantitative estimate of drug-likeness (QED) is 0.818. The number of alkyl halides is 1. The minimum Gasteiger partial charge on any atom is -0.508 e. The number of hydrogen-bond acceptors (Lipinski definition) is 2. The van der Waals surface area contributed by atoms with E-state index < -0.39 is 0 Å². The molecule has 2 aromatic carbocycles. The molecule has 3 nitrogen and oxygen atoms in total. The van der Waals surface area contributed by atoms with Crippen molar-refractivity contribution in [3.8, 4) is 5.75 Å². The molecule has 2 rings (SSSR count). The van der Waals surface area contributed by atoms with Gasteiger partial charge in [-0.15, -0.1) is 0 Å². The third kappa shape index (κ3) is 3.74. The van der Waals surface area contributed by atoms with Crippen molar-refractivity contribution in [1.82, 2.24) is 5.32 Å². The van der Waals surface area contributed by atoms with E-state index in [0.29, 0.717) is 11.6 Å². The fourth-order valence-electron chi connectivity index (χ4n) is 1.74. The van der Waals surface area contributed by atoms with E-state index in [-0.39, 0.29) is 22.0 Å². The van der Waals surface area contributed by atoms with Crippen LogP contribution in [0.1, 0.15) is 20.7 Å². The lowest BCUT2D eigenvalue weighted by Crippen LogP contribution is -2.26. The summed E-state index contributed by atoms with van der Waals surface area (Å²) in [5, 5.41) is 12.5. The predicted molar refractivity (Wildman–Crippen MR) is 83.6 cm³/mol. The number of phenols is 1. The highest BCUT2D eigenvalue weighted by Gasteiger charge is 2.13. The summed E-state index contributed by atoms with van der Waals surface area (Å²) < 4.78 is 0. The maximum Gasteiger partial charge on any atom is 0.252 e. The maximum absolute atomic E-state index is 12.0. The normalized spacial score (nSPS) is 11.9. The number of amides is 1. The standard InChI is InChI=1S/C15H13BrClNO2/c16-13(10-4-2-1-3-5-10)9-18-15(20)12-8-11(19)6-7-14(12)17/h1-8,13,19H,9H2,(H,18,20). The Morgan fingerprint density at radius 2 is 1.95 bits per heavy atom. The van der Waals surface area contributed by atoms with Crippen molar-refractivity contribution in [2.45, 2.75) is 4.83 Å².